The topological polar surface area (TPSA) is 81.9 Å². The first-order chi connectivity index (χ1) is 8.19. The summed E-state index contributed by atoms with van der Waals surface area (Å²) in [5.74, 6) is 0.0804. The van der Waals surface area contributed by atoms with Crippen molar-refractivity contribution in [1.29, 1.82) is 0 Å². The Morgan fingerprint density at radius 3 is 3.06 bits per heavy atom. The number of ether oxygens (including phenoxy) is 1. The van der Waals surface area contributed by atoms with E-state index in [-0.39, 0.29) is 12.0 Å². The minimum Gasteiger partial charge on any atom is -0.463 e. The van der Waals surface area contributed by atoms with Crippen molar-refractivity contribution in [3.63, 3.8) is 0 Å². The second-order valence-corrected chi connectivity index (χ2v) is 4.46. The fourth-order valence-corrected chi connectivity index (χ4v) is 2.39. The van der Waals surface area contributed by atoms with Gasteiger partial charge in [0, 0.05) is 11.1 Å². The Balaban J connectivity index is 1.90. The number of carbonyl (C=O) groups is 1. The van der Waals surface area contributed by atoms with E-state index in [2.05, 4.69) is 25.1 Å². The van der Waals surface area contributed by atoms with Gasteiger partial charge in [-0.2, -0.15) is 4.98 Å². The smallest absolute Gasteiger partial charge is 0.378 e. The second kappa shape index (κ2) is 3.52. The Kier molecular flexibility index (Phi) is 2.11. The molecule has 0 fully saturated rings. The van der Waals surface area contributed by atoms with Crippen LogP contribution in [0.5, 0.6) is 0 Å². The normalized spacial score (nSPS) is 16.9. The highest BCUT2D eigenvalue weighted by Gasteiger charge is 2.33. The van der Waals surface area contributed by atoms with E-state index in [1.807, 2.05) is 12.3 Å². The van der Waals surface area contributed by atoms with Crippen LogP contribution in [0.2, 0.25) is 0 Å². The summed E-state index contributed by atoms with van der Waals surface area (Å²) in [4.78, 5) is 19.6. The van der Waals surface area contributed by atoms with Crippen molar-refractivity contribution in [3.05, 3.63) is 21.9 Å². The zero-order valence-corrected chi connectivity index (χ0v) is 9.98. The fourth-order valence-electron chi connectivity index (χ4n) is 1.56. The Hall–Kier alpha value is -1.96. The highest BCUT2D eigenvalue weighted by atomic mass is 32.1. The number of esters is 1. The molecule has 1 aliphatic rings. The summed E-state index contributed by atoms with van der Waals surface area (Å²) in [6.45, 7) is 1.93. The third kappa shape index (κ3) is 1.48. The molecule has 0 saturated carbocycles. The van der Waals surface area contributed by atoms with E-state index in [1.165, 1.54) is 7.11 Å². The van der Waals surface area contributed by atoms with Crippen LogP contribution in [0.1, 0.15) is 27.5 Å². The van der Waals surface area contributed by atoms with Gasteiger partial charge in [-0.25, -0.2) is 14.5 Å². The van der Waals surface area contributed by atoms with Crippen molar-refractivity contribution in [2.75, 3.05) is 12.4 Å². The lowest BCUT2D eigenvalue weighted by Gasteiger charge is -2.26. The SMILES string of the molecule is COC(=O)c1nc2n(n1)C(c1nc(C)cs1)N2. The summed E-state index contributed by atoms with van der Waals surface area (Å²) < 4.78 is 6.19. The first-order valence-corrected chi connectivity index (χ1v) is 5.80. The monoisotopic (exact) mass is 251 g/mol. The number of hydrogen-bond donors (Lipinski definition) is 1. The Labute approximate surface area is 100 Å². The zero-order valence-electron chi connectivity index (χ0n) is 9.17. The molecular weight excluding hydrogens is 242 g/mol. The maximum Gasteiger partial charge on any atom is 0.378 e. The molecular formula is C9H9N5O2S. The molecule has 2 aromatic rings. The third-order valence-electron chi connectivity index (χ3n) is 2.38. The standard InChI is InChI=1S/C9H9N5O2S/c1-4-3-17-7(10-4)6-12-9-11-5(8(15)16-2)13-14(6)9/h3,6H,1-2H3,(H,11,12,13). The summed E-state index contributed by atoms with van der Waals surface area (Å²) in [7, 11) is 1.30. The molecule has 0 spiro atoms. The van der Waals surface area contributed by atoms with E-state index in [9.17, 15) is 4.79 Å². The summed E-state index contributed by atoms with van der Waals surface area (Å²) in [6.07, 6.45) is -0.130. The summed E-state index contributed by atoms with van der Waals surface area (Å²) in [6, 6.07) is 0. The zero-order chi connectivity index (χ0) is 12.0. The van der Waals surface area contributed by atoms with Gasteiger partial charge in [0.2, 0.25) is 5.95 Å². The van der Waals surface area contributed by atoms with Gasteiger partial charge in [0.05, 0.1) is 7.11 Å². The largest absolute Gasteiger partial charge is 0.463 e. The molecule has 2 aromatic heterocycles. The van der Waals surface area contributed by atoms with Crippen LogP contribution in [-0.2, 0) is 4.74 Å². The molecule has 3 heterocycles. The molecule has 0 aliphatic carbocycles. The number of nitrogens with one attached hydrogen (secondary N) is 1. The number of hydrogen-bond acceptors (Lipinski definition) is 7. The minimum atomic E-state index is -0.539. The summed E-state index contributed by atoms with van der Waals surface area (Å²) in [5, 5.41) is 10.0. The number of aryl methyl sites for hydroxylation is 1. The lowest BCUT2D eigenvalue weighted by molar-refractivity contribution is 0.0586. The van der Waals surface area contributed by atoms with Gasteiger partial charge in [-0.15, -0.1) is 16.4 Å². The van der Waals surface area contributed by atoms with E-state index in [0.29, 0.717) is 5.95 Å². The lowest BCUT2D eigenvalue weighted by Crippen LogP contribution is -2.32. The first-order valence-electron chi connectivity index (χ1n) is 4.92. The maximum atomic E-state index is 11.3. The van der Waals surface area contributed by atoms with Gasteiger partial charge in [0.15, 0.2) is 6.17 Å². The number of carbonyl (C=O) groups excluding carboxylic acids is 1. The van der Waals surface area contributed by atoms with Crippen LogP contribution >= 0.6 is 11.3 Å². The van der Waals surface area contributed by atoms with Crippen molar-refractivity contribution in [3.8, 4) is 0 Å². The summed E-state index contributed by atoms with van der Waals surface area (Å²) >= 11 is 1.54. The molecule has 0 bridgehead atoms. The molecule has 88 valence electrons. The molecule has 7 nitrogen and oxygen atoms in total. The van der Waals surface area contributed by atoms with Crippen LogP contribution in [0.25, 0.3) is 0 Å². The number of fused-ring (bicyclic) bond motifs is 1. The Bertz CT molecular complexity index is 590. The molecule has 0 amide bonds. The minimum absolute atomic E-state index is 0.0609. The number of anilines is 1. The molecule has 0 saturated heterocycles. The predicted octanol–water partition coefficient (Wildman–Crippen LogP) is 0.802. The van der Waals surface area contributed by atoms with Crippen molar-refractivity contribution in [2.24, 2.45) is 0 Å². The fraction of sp³-hybridized carbons (Fsp3) is 0.333. The number of nitrogens with zero attached hydrogens (tertiary/aromatic N) is 4. The Morgan fingerprint density at radius 2 is 2.41 bits per heavy atom. The van der Waals surface area contributed by atoms with Crippen molar-refractivity contribution in [2.45, 2.75) is 13.1 Å². The van der Waals surface area contributed by atoms with Crippen molar-refractivity contribution >= 4 is 23.3 Å². The van der Waals surface area contributed by atoms with E-state index in [1.54, 1.807) is 16.0 Å². The van der Waals surface area contributed by atoms with Gasteiger partial charge >= 0.3 is 5.97 Å². The number of thiazole rings is 1. The van der Waals surface area contributed by atoms with Gasteiger partial charge in [-0.3, -0.25) is 0 Å². The van der Waals surface area contributed by atoms with E-state index in [4.69, 9.17) is 0 Å². The van der Waals surface area contributed by atoms with Gasteiger partial charge in [0.25, 0.3) is 5.82 Å². The molecule has 1 atom stereocenters. The molecule has 0 aromatic carbocycles. The lowest BCUT2D eigenvalue weighted by atomic mass is 10.4. The van der Waals surface area contributed by atoms with Crippen LogP contribution in [0.4, 0.5) is 5.95 Å². The quantitative estimate of drug-likeness (QED) is 0.795. The highest BCUT2D eigenvalue weighted by Crippen LogP contribution is 2.32. The van der Waals surface area contributed by atoms with Gasteiger partial charge < -0.3 is 10.1 Å². The highest BCUT2D eigenvalue weighted by molar-refractivity contribution is 7.09. The van der Waals surface area contributed by atoms with Crippen LogP contribution in [0.3, 0.4) is 0 Å². The van der Waals surface area contributed by atoms with E-state index >= 15 is 0 Å². The second-order valence-electron chi connectivity index (χ2n) is 3.57. The molecule has 17 heavy (non-hydrogen) atoms. The average molecular weight is 251 g/mol. The maximum absolute atomic E-state index is 11.3. The molecule has 8 heteroatoms. The first kappa shape index (κ1) is 10.2. The number of rotatable bonds is 2. The molecule has 3 rings (SSSR count). The van der Waals surface area contributed by atoms with Crippen molar-refractivity contribution in [1.82, 2.24) is 19.7 Å². The third-order valence-corrected chi connectivity index (χ3v) is 3.40. The van der Waals surface area contributed by atoms with E-state index in [0.717, 1.165) is 10.7 Å². The van der Waals surface area contributed by atoms with Crippen LogP contribution < -0.4 is 5.32 Å². The number of aromatic nitrogens is 4. The average Bonchev–Trinajstić information content (AvgIpc) is 2.85. The van der Waals surface area contributed by atoms with Crippen molar-refractivity contribution < 1.29 is 9.53 Å². The molecule has 0 radical (unpaired) electrons. The van der Waals surface area contributed by atoms with Gasteiger partial charge in [0.1, 0.15) is 5.01 Å². The predicted molar refractivity (Wildman–Crippen MR) is 60.0 cm³/mol. The van der Waals surface area contributed by atoms with E-state index < -0.39 is 5.97 Å². The van der Waals surface area contributed by atoms with Crippen LogP contribution in [0, 0.1) is 6.92 Å². The molecule has 1 N–H and O–H groups in total. The molecule has 1 aliphatic heterocycles. The van der Waals surface area contributed by atoms with Gasteiger partial charge in [-0.1, -0.05) is 0 Å². The van der Waals surface area contributed by atoms with Crippen LogP contribution in [-0.4, -0.2) is 32.8 Å². The Morgan fingerprint density at radius 1 is 1.59 bits per heavy atom. The molecule has 1 unspecified atom stereocenters. The van der Waals surface area contributed by atoms with Crippen LogP contribution in [0.15, 0.2) is 5.38 Å². The number of methoxy groups -OCH3 is 1. The summed E-state index contributed by atoms with van der Waals surface area (Å²) in [5.41, 5.74) is 0.966. The van der Waals surface area contributed by atoms with Gasteiger partial charge in [-0.05, 0) is 6.92 Å².